The Bertz CT molecular complexity index is 1820. The van der Waals surface area contributed by atoms with E-state index >= 15 is 0 Å². The van der Waals surface area contributed by atoms with Crippen LogP contribution in [0.2, 0.25) is 15.1 Å². The van der Waals surface area contributed by atoms with Crippen LogP contribution in [0, 0.1) is 5.82 Å². The second-order valence-electron chi connectivity index (χ2n) is 11.1. The van der Waals surface area contributed by atoms with Crippen LogP contribution in [0.4, 0.5) is 10.1 Å². The van der Waals surface area contributed by atoms with Gasteiger partial charge in [0.2, 0.25) is 5.91 Å². The zero-order chi connectivity index (χ0) is 32.8. The summed E-state index contributed by atoms with van der Waals surface area (Å²) in [6.45, 7) is 4.39. The number of carbonyl (C=O) groups excluding carboxylic acids is 1. The van der Waals surface area contributed by atoms with E-state index in [1.165, 1.54) is 6.07 Å². The highest BCUT2D eigenvalue weighted by Gasteiger charge is 2.19. The predicted octanol–water partition coefficient (Wildman–Crippen LogP) is 7.77. The highest BCUT2D eigenvalue weighted by Crippen LogP contribution is 2.31. The molecule has 1 aromatic heterocycles. The quantitative estimate of drug-likeness (QED) is 0.111. The van der Waals surface area contributed by atoms with Crippen molar-refractivity contribution in [2.24, 2.45) is 5.73 Å². The Morgan fingerprint density at radius 3 is 2.37 bits per heavy atom. The first-order valence-electron chi connectivity index (χ1n) is 15.0. The lowest BCUT2D eigenvalue weighted by atomic mass is 10.0. The van der Waals surface area contributed by atoms with E-state index in [1.54, 1.807) is 24.3 Å². The van der Waals surface area contributed by atoms with Crippen LogP contribution in [0.25, 0.3) is 22.4 Å². The lowest BCUT2D eigenvalue weighted by Gasteiger charge is -2.23. The van der Waals surface area contributed by atoms with Crippen LogP contribution < -0.4 is 16.0 Å². The van der Waals surface area contributed by atoms with Crippen molar-refractivity contribution in [3.05, 3.63) is 116 Å². The molecule has 7 nitrogen and oxygen atoms in total. The molecule has 0 radical (unpaired) electrons. The molecular weight excluding hydrogens is 648 g/mol. The Morgan fingerprint density at radius 1 is 0.957 bits per heavy atom. The number of fused-ring (bicyclic) bond motifs is 1. The van der Waals surface area contributed by atoms with Crippen LogP contribution in [0.1, 0.15) is 42.5 Å². The number of carbonyl (C=O) groups is 1. The summed E-state index contributed by atoms with van der Waals surface area (Å²) in [5, 5.41) is 13.9. The SMILES string of the molecule is CCCN(CCO)c1ccc(-c2nc3cc(C(CC(N)=O)NCc4ccc(Cl)c(Cl)c4)ccc3n2Cc2ccc(F)c(Cl)c2)cc1. The maximum atomic E-state index is 14.0. The van der Waals surface area contributed by atoms with Gasteiger partial charge in [-0.05, 0) is 83.8 Å². The number of aromatic nitrogens is 2. The number of imidazole rings is 1. The standard InChI is InChI=1S/C35H35Cl3FN5O2/c1-2-13-43(14-15-45)26-8-5-24(6-9-26)35-42-32-18-25(7-12-33(32)44(35)21-23-4-11-30(39)29(38)17-23)31(19-34(40)46)41-20-22-3-10-27(36)28(37)16-22/h3-12,16-18,31,41,45H,2,13-15,19-21H2,1H3,(H2,40,46). The van der Waals surface area contributed by atoms with Crippen molar-refractivity contribution in [3.8, 4) is 11.4 Å². The van der Waals surface area contributed by atoms with E-state index in [9.17, 15) is 14.3 Å². The number of aliphatic hydroxyl groups is 1. The summed E-state index contributed by atoms with van der Waals surface area (Å²) < 4.78 is 16.1. The Balaban J connectivity index is 1.53. The van der Waals surface area contributed by atoms with Gasteiger partial charge in [-0.1, -0.05) is 59.9 Å². The number of aliphatic hydroxyl groups excluding tert-OH is 1. The van der Waals surface area contributed by atoms with E-state index in [1.807, 2.05) is 48.5 Å². The summed E-state index contributed by atoms with van der Waals surface area (Å²) in [6.07, 6.45) is 1.04. The molecule has 0 spiro atoms. The third-order valence-corrected chi connectivity index (χ3v) is 8.82. The second kappa shape index (κ2) is 15.3. The second-order valence-corrected chi connectivity index (χ2v) is 12.3. The summed E-state index contributed by atoms with van der Waals surface area (Å²) in [4.78, 5) is 19.3. The largest absolute Gasteiger partial charge is 0.395 e. The van der Waals surface area contributed by atoms with Crippen LogP contribution in [-0.2, 0) is 17.9 Å². The van der Waals surface area contributed by atoms with Gasteiger partial charge in [-0.2, -0.15) is 0 Å². The van der Waals surface area contributed by atoms with Crippen LogP contribution in [0.15, 0.2) is 78.9 Å². The average molecular weight is 683 g/mol. The molecule has 0 saturated carbocycles. The van der Waals surface area contributed by atoms with E-state index in [0.29, 0.717) is 29.7 Å². The molecule has 46 heavy (non-hydrogen) atoms. The van der Waals surface area contributed by atoms with E-state index < -0.39 is 11.7 Å². The van der Waals surface area contributed by atoms with Crippen molar-refractivity contribution >= 4 is 57.4 Å². The van der Waals surface area contributed by atoms with E-state index in [-0.39, 0.29) is 24.1 Å². The Labute approximate surface area is 282 Å². The van der Waals surface area contributed by atoms with Crippen molar-refractivity contribution in [3.63, 3.8) is 0 Å². The normalized spacial score (nSPS) is 12.0. The highest BCUT2D eigenvalue weighted by molar-refractivity contribution is 6.42. The van der Waals surface area contributed by atoms with Gasteiger partial charge in [0.05, 0.1) is 32.7 Å². The number of nitrogens with one attached hydrogen (secondary N) is 1. The smallest absolute Gasteiger partial charge is 0.219 e. The molecule has 240 valence electrons. The molecule has 0 fully saturated rings. The Kier molecular flexibility index (Phi) is 11.2. The topological polar surface area (TPSA) is 96.4 Å². The highest BCUT2D eigenvalue weighted by atomic mass is 35.5. The number of nitrogens with two attached hydrogens (primary N) is 1. The van der Waals surface area contributed by atoms with Crippen molar-refractivity contribution < 1.29 is 14.3 Å². The molecular formula is C35H35Cl3FN5O2. The first-order valence-corrected chi connectivity index (χ1v) is 16.2. The predicted molar refractivity (Wildman–Crippen MR) is 185 cm³/mol. The minimum Gasteiger partial charge on any atom is -0.395 e. The number of nitrogens with zero attached hydrogens (tertiary/aromatic N) is 3. The summed E-state index contributed by atoms with van der Waals surface area (Å²) >= 11 is 18.4. The molecule has 0 saturated heterocycles. The van der Waals surface area contributed by atoms with E-state index in [2.05, 4.69) is 21.7 Å². The summed E-state index contributed by atoms with van der Waals surface area (Å²) in [6, 6.07) is 23.7. The zero-order valence-corrected chi connectivity index (χ0v) is 27.6. The zero-order valence-electron chi connectivity index (χ0n) is 25.3. The van der Waals surface area contributed by atoms with E-state index in [4.69, 9.17) is 45.5 Å². The summed E-state index contributed by atoms with van der Waals surface area (Å²) in [5.74, 6) is -0.196. The van der Waals surface area contributed by atoms with Crippen LogP contribution >= 0.6 is 34.8 Å². The molecule has 0 aliphatic rings. The third-order valence-electron chi connectivity index (χ3n) is 7.80. The molecule has 1 atom stereocenters. The van der Waals surface area contributed by atoms with Crippen LogP contribution in [-0.4, -0.2) is 40.3 Å². The number of amides is 1. The first-order chi connectivity index (χ1) is 22.2. The van der Waals surface area contributed by atoms with Crippen LogP contribution in [0.3, 0.4) is 0 Å². The molecule has 4 N–H and O–H groups in total. The molecule has 11 heteroatoms. The summed E-state index contributed by atoms with van der Waals surface area (Å²) in [5.41, 5.74) is 11.7. The molecule has 0 bridgehead atoms. The number of benzene rings is 4. The number of hydrogen-bond donors (Lipinski definition) is 3. The fourth-order valence-corrected chi connectivity index (χ4v) is 6.07. The number of primary amides is 1. The van der Waals surface area contributed by atoms with Gasteiger partial charge in [-0.25, -0.2) is 9.37 Å². The molecule has 0 aliphatic carbocycles. The molecule has 0 aliphatic heterocycles. The molecule has 1 unspecified atom stereocenters. The number of hydrogen-bond acceptors (Lipinski definition) is 5. The Hall–Kier alpha value is -3.66. The van der Waals surface area contributed by atoms with Crippen molar-refractivity contribution in [2.75, 3.05) is 24.6 Å². The average Bonchev–Trinajstić information content (AvgIpc) is 3.39. The molecule has 1 heterocycles. The van der Waals surface area contributed by atoms with E-state index in [0.717, 1.165) is 57.8 Å². The van der Waals surface area contributed by atoms with Crippen LogP contribution in [0.5, 0.6) is 0 Å². The van der Waals surface area contributed by atoms with Gasteiger partial charge in [0, 0.05) is 49.9 Å². The van der Waals surface area contributed by atoms with Gasteiger partial charge in [0.1, 0.15) is 11.6 Å². The monoisotopic (exact) mass is 681 g/mol. The van der Waals surface area contributed by atoms with Gasteiger partial charge in [0.15, 0.2) is 0 Å². The van der Waals surface area contributed by atoms with Gasteiger partial charge in [-0.3, -0.25) is 4.79 Å². The first kappa shape index (κ1) is 33.7. The minimum atomic E-state index is -0.477. The van der Waals surface area contributed by atoms with Gasteiger partial charge >= 0.3 is 0 Å². The fraction of sp³-hybridized carbons (Fsp3) is 0.257. The lowest BCUT2D eigenvalue weighted by Crippen LogP contribution is -2.27. The lowest BCUT2D eigenvalue weighted by molar-refractivity contribution is -0.118. The molecule has 5 aromatic rings. The molecule has 1 amide bonds. The summed E-state index contributed by atoms with van der Waals surface area (Å²) in [7, 11) is 0. The Morgan fingerprint density at radius 2 is 1.70 bits per heavy atom. The van der Waals surface area contributed by atoms with Crippen molar-refractivity contribution in [1.29, 1.82) is 0 Å². The number of rotatable bonds is 14. The van der Waals surface area contributed by atoms with Gasteiger partial charge in [0.25, 0.3) is 0 Å². The van der Waals surface area contributed by atoms with Crippen molar-refractivity contribution in [2.45, 2.75) is 38.9 Å². The third kappa shape index (κ3) is 8.00. The number of anilines is 1. The fourth-order valence-electron chi connectivity index (χ4n) is 5.55. The maximum Gasteiger partial charge on any atom is 0.219 e. The minimum absolute atomic E-state index is 0.0531. The van der Waals surface area contributed by atoms with Gasteiger partial charge < -0.3 is 25.6 Å². The van der Waals surface area contributed by atoms with Gasteiger partial charge in [-0.15, -0.1) is 0 Å². The van der Waals surface area contributed by atoms with Crippen molar-refractivity contribution in [1.82, 2.24) is 14.9 Å². The number of halogens is 4. The molecule has 5 rings (SSSR count). The molecule has 4 aromatic carbocycles. The maximum absolute atomic E-state index is 14.0.